The Morgan fingerprint density at radius 2 is 1.83 bits per heavy atom. The molecule has 0 spiro atoms. The number of likely N-dealkylation sites (N-methyl/N-ethyl adjacent to an activating group) is 1. The molecule has 0 aliphatic carbocycles. The zero-order valence-corrected chi connectivity index (χ0v) is 12.7. The average molecular weight is 345 g/mol. The van der Waals surface area contributed by atoms with Crippen LogP contribution in [-0.2, 0) is 6.18 Å². The minimum absolute atomic E-state index is 0.000181. The summed E-state index contributed by atoms with van der Waals surface area (Å²) in [7, 11) is 1.56. The van der Waals surface area contributed by atoms with Crippen LogP contribution in [0.3, 0.4) is 0 Å². The van der Waals surface area contributed by atoms with Gasteiger partial charge in [-0.05, 0) is 12.1 Å². The van der Waals surface area contributed by atoms with Crippen molar-refractivity contribution in [1.82, 2.24) is 9.97 Å². The molecule has 0 bridgehead atoms. The van der Waals surface area contributed by atoms with Gasteiger partial charge in [-0.25, -0.2) is 14.4 Å². The van der Waals surface area contributed by atoms with Crippen molar-refractivity contribution in [3.63, 3.8) is 0 Å². The van der Waals surface area contributed by atoms with Crippen LogP contribution in [0.1, 0.15) is 5.56 Å². The average Bonchev–Trinajstić information content (AvgIpc) is 2.53. The normalized spacial score (nSPS) is 12.8. The number of hydrogen-bond donors (Lipinski definition) is 1. The van der Waals surface area contributed by atoms with E-state index in [9.17, 15) is 22.7 Å². The molecule has 2 aromatic rings. The summed E-state index contributed by atoms with van der Waals surface area (Å²) in [5.74, 6) is -0.782. The summed E-state index contributed by atoms with van der Waals surface area (Å²) in [6, 6.07) is 4.75. The molecule has 5 nitrogen and oxygen atoms in total. The van der Waals surface area contributed by atoms with Crippen molar-refractivity contribution in [2.75, 3.05) is 25.1 Å². The van der Waals surface area contributed by atoms with Gasteiger partial charge in [-0.15, -0.1) is 0 Å². The van der Waals surface area contributed by atoms with E-state index < -0.39 is 23.7 Å². The summed E-state index contributed by atoms with van der Waals surface area (Å²) in [6.45, 7) is -0.349. The molecule has 1 aromatic carbocycles. The fourth-order valence-electron chi connectivity index (χ4n) is 1.97. The number of alkyl halides is 3. The summed E-state index contributed by atoms with van der Waals surface area (Å²) < 4.78 is 56.4. The van der Waals surface area contributed by atoms with Gasteiger partial charge in [0.1, 0.15) is 18.5 Å². The van der Waals surface area contributed by atoms with Crippen LogP contribution < -0.4 is 9.64 Å². The summed E-state index contributed by atoms with van der Waals surface area (Å²) in [5, 5.41) is 9.91. The maximum Gasteiger partial charge on any atom is 0.419 e. The molecule has 2 rings (SSSR count). The van der Waals surface area contributed by atoms with E-state index in [1.54, 1.807) is 7.05 Å². The van der Waals surface area contributed by atoms with E-state index >= 15 is 0 Å². The maximum absolute atomic E-state index is 12.8. The first-order valence-electron chi connectivity index (χ1n) is 6.93. The predicted octanol–water partition coefficient (Wildman–Crippen LogP) is 2.51. The Labute approximate surface area is 135 Å². The van der Waals surface area contributed by atoms with Gasteiger partial charge >= 0.3 is 6.18 Å². The van der Waals surface area contributed by atoms with Gasteiger partial charge in [0.05, 0.1) is 18.0 Å². The Morgan fingerprint density at radius 3 is 2.46 bits per heavy atom. The molecule has 0 fully saturated rings. The third kappa shape index (κ3) is 4.79. The molecule has 0 saturated carbocycles. The van der Waals surface area contributed by atoms with Crippen molar-refractivity contribution in [3.8, 4) is 5.75 Å². The molecule has 0 aliphatic heterocycles. The minimum Gasteiger partial charge on any atom is -0.490 e. The van der Waals surface area contributed by atoms with E-state index in [2.05, 4.69) is 9.97 Å². The first-order chi connectivity index (χ1) is 11.3. The lowest BCUT2D eigenvalue weighted by Crippen LogP contribution is -2.34. The molecule has 0 saturated heterocycles. The fraction of sp³-hybridized carbons (Fsp3) is 0.333. The lowest BCUT2D eigenvalue weighted by molar-refractivity contribution is -0.139. The molecule has 1 aromatic heterocycles. The highest BCUT2D eigenvalue weighted by molar-refractivity contribution is 5.35. The van der Waals surface area contributed by atoms with Crippen molar-refractivity contribution in [3.05, 3.63) is 48.0 Å². The third-order valence-electron chi connectivity index (χ3n) is 3.06. The van der Waals surface area contributed by atoms with Crippen LogP contribution >= 0.6 is 0 Å². The van der Waals surface area contributed by atoms with E-state index in [-0.39, 0.29) is 24.8 Å². The smallest absolute Gasteiger partial charge is 0.419 e. The summed E-state index contributed by atoms with van der Waals surface area (Å²) >= 11 is 0. The second-order valence-electron chi connectivity index (χ2n) is 5.04. The number of aliphatic hydroxyl groups is 1. The van der Waals surface area contributed by atoms with Crippen molar-refractivity contribution >= 4 is 5.95 Å². The number of benzene rings is 1. The van der Waals surface area contributed by atoms with Crippen molar-refractivity contribution in [1.29, 1.82) is 0 Å². The fourth-order valence-corrected chi connectivity index (χ4v) is 1.97. The Balaban J connectivity index is 1.94. The second kappa shape index (κ2) is 7.43. The number of rotatable bonds is 6. The van der Waals surface area contributed by atoms with E-state index in [0.29, 0.717) is 0 Å². The van der Waals surface area contributed by atoms with Crippen LogP contribution in [0, 0.1) is 5.82 Å². The molecule has 0 unspecified atom stereocenters. The molecular formula is C15H15F4N3O2. The van der Waals surface area contributed by atoms with Gasteiger partial charge < -0.3 is 14.7 Å². The Kier molecular flexibility index (Phi) is 5.55. The molecular weight excluding hydrogens is 330 g/mol. The number of hydrogen-bond acceptors (Lipinski definition) is 5. The molecule has 0 radical (unpaired) electrons. The van der Waals surface area contributed by atoms with Crippen LogP contribution in [0.15, 0.2) is 36.7 Å². The molecule has 0 amide bonds. The van der Waals surface area contributed by atoms with Gasteiger partial charge in [0.2, 0.25) is 5.95 Å². The number of ether oxygens (including phenoxy) is 1. The largest absolute Gasteiger partial charge is 0.490 e. The SMILES string of the molecule is CN(C[C@H](O)COc1ccccc1C(F)(F)F)c1ncc(F)cn1. The monoisotopic (exact) mass is 345 g/mol. The number of para-hydroxylation sites is 1. The second-order valence-corrected chi connectivity index (χ2v) is 5.04. The number of aliphatic hydroxyl groups excluding tert-OH is 1. The molecule has 0 aliphatic rings. The van der Waals surface area contributed by atoms with Gasteiger partial charge in [-0.2, -0.15) is 13.2 Å². The van der Waals surface area contributed by atoms with Crippen LogP contribution in [0.4, 0.5) is 23.5 Å². The Hall–Kier alpha value is -2.42. The van der Waals surface area contributed by atoms with Crippen molar-refractivity contribution in [2.45, 2.75) is 12.3 Å². The first kappa shape index (κ1) is 17.9. The highest BCUT2D eigenvalue weighted by atomic mass is 19.4. The van der Waals surface area contributed by atoms with Crippen LogP contribution in [0.2, 0.25) is 0 Å². The van der Waals surface area contributed by atoms with Gasteiger partial charge in [-0.1, -0.05) is 12.1 Å². The molecule has 1 heterocycles. The molecule has 1 N–H and O–H groups in total. The van der Waals surface area contributed by atoms with Gasteiger partial charge in [0, 0.05) is 13.6 Å². The molecule has 1 atom stereocenters. The number of halogens is 4. The summed E-state index contributed by atoms with van der Waals surface area (Å²) in [6.07, 6.45) is -3.69. The van der Waals surface area contributed by atoms with Gasteiger partial charge in [-0.3, -0.25) is 0 Å². The quantitative estimate of drug-likeness (QED) is 0.816. The van der Waals surface area contributed by atoms with E-state index in [1.165, 1.54) is 23.1 Å². The Bertz CT molecular complexity index is 665. The zero-order valence-electron chi connectivity index (χ0n) is 12.7. The minimum atomic E-state index is -4.54. The Morgan fingerprint density at radius 1 is 1.21 bits per heavy atom. The lowest BCUT2D eigenvalue weighted by Gasteiger charge is -2.21. The number of aromatic nitrogens is 2. The zero-order chi connectivity index (χ0) is 17.7. The van der Waals surface area contributed by atoms with Gasteiger partial charge in [0.15, 0.2) is 5.82 Å². The van der Waals surface area contributed by atoms with Gasteiger partial charge in [0.25, 0.3) is 0 Å². The summed E-state index contributed by atoms with van der Waals surface area (Å²) in [4.78, 5) is 8.90. The summed E-state index contributed by atoms with van der Waals surface area (Å²) in [5.41, 5.74) is -0.910. The highest BCUT2D eigenvalue weighted by Crippen LogP contribution is 2.35. The molecule has 24 heavy (non-hydrogen) atoms. The first-order valence-corrected chi connectivity index (χ1v) is 6.93. The molecule has 130 valence electrons. The lowest BCUT2D eigenvalue weighted by atomic mass is 10.2. The number of nitrogens with zero attached hydrogens (tertiary/aromatic N) is 3. The van der Waals surface area contributed by atoms with Crippen LogP contribution in [-0.4, -0.2) is 41.4 Å². The molecule has 9 heteroatoms. The highest BCUT2D eigenvalue weighted by Gasteiger charge is 2.34. The van der Waals surface area contributed by atoms with Crippen molar-refractivity contribution < 1.29 is 27.4 Å². The van der Waals surface area contributed by atoms with Crippen molar-refractivity contribution in [2.24, 2.45) is 0 Å². The predicted molar refractivity (Wildman–Crippen MR) is 78.2 cm³/mol. The maximum atomic E-state index is 12.8. The van der Waals surface area contributed by atoms with E-state index in [0.717, 1.165) is 18.5 Å². The topological polar surface area (TPSA) is 58.5 Å². The van der Waals surface area contributed by atoms with Crippen LogP contribution in [0.25, 0.3) is 0 Å². The van der Waals surface area contributed by atoms with Crippen LogP contribution in [0.5, 0.6) is 5.75 Å². The third-order valence-corrected chi connectivity index (χ3v) is 3.06. The van der Waals surface area contributed by atoms with E-state index in [4.69, 9.17) is 4.74 Å². The standard InChI is InChI=1S/C15H15F4N3O2/c1-22(14-20-6-10(16)7-21-14)8-11(23)9-24-13-5-3-2-4-12(13)15(17,18)19/h2-7,11,23H,8-9H2,1H3/t11-/m0/s1. The number of anilines is 1. The van der Waals surface area contributed by atoms with E-state index in [1.807, 2.05) is 0 Å².